The van der Waals surface area contributed by atoms with Crippen LogP contribution in [-0.2, 0) is 16.1 Å². The van der Waals surface area contributed by atoms with Crippen LogP contribution < -0.4 is 5.32 Å². The van der Waals surface area contributed by atoms with Crippen LogP contribution in [0.1, 0.15) is 38.3 Å². The summed E-state index contributed by atoms with van der Waals surface area (Å²) in [4.78, 5) is 31.1. The van der Waals surface area contributed by atoms with Crippen molar-refractivity contribution >= 4 is 45.3 Å². The molecule has 0 spiro atoms. The van der Waals surface area contributed by atoms with Gasteiger partial charge in [-0.1, -0.05) is 30.3 Å². The maximum Gasteiger partial charge on any atom is 0.410 e. The lowest BCUT2D eigenvalue weighted by Gasteiger charge is -2.27. The number of nitrogens with one attached hydrogen (secondary N) is 1. The average molecular weight is 438 g/mol. The molecule has 7 heteroatoms. The molecule has 0 bridgehead atoms. The summed E-state index contributed by atoms with van der Waals surface area (Å²) in [6.07, 6.45) is 2.80. The number of anilines is 1. The molecule has 2 aromatic carbocycles. The van der Waals surface area contributed by atoms with Crippen molar-refractivity contribution in [3.63, 3.8) is 0 Å². The molecule has 1 N–H and O–H groups in total. The van der Waals surface area contributed by atoms with Gasteiger partial charge in [0.2, 0.25) is 5.91 Å². The molecule has 3 rings (SSSR count). The number of fused-ring (bicyclic) bond motifs is 1. The van der Waals surface area contributed by atoms with Crippen LogP contribution in [0, 0.1) is 0 Å². The molecular formula is C24H27N3O3S. The molecule has 6 nitrogen and oxygen atoms in total. The fourth-order valence-corrected chi connectivity index (χ4v) is 3.77. The van der Waals surface area contributed by atoms with Crippen LogP contribution in [0.3, 0.4) is 0 Å². The number of benzene rings is 2. The largest absolute Gasteiger partial charge is 0.444 e. The second kappa shape index (κ2) is 9.75. The smallest absolute Gasteiger partial charge is 0.410 e. The zero-order chi connectivity index (χ0) is 22.4. The third-order valence-corrected chi connectivity index (χ3v) is 5.36. The molecule has 162 valence electrons. The van der Waals surface area contributed by atoms with E-state index in [0.717, 1.165) is 20.8 Å². The molecule has 0 saturated heterocycles. The van der Waals surface area contributed by atoms with E-state index in [-0.39, 0.29) is 12.0 Å². The summed E-state index contributed by atoms with van der Waals surface area (Å²) in [6, 6.07) is 15.3. The summed E-state index contributed by atoms with van der Waals surface area (Å²) in [7, 11) is 0. The van der Waals surface area contributed by atoms with Crippen LogP contribution in [0.15, 0.2) is 54.6 Å². The molecule has 0 aliphatic rings. The molecule has 0 unspecified atom stereocenters. The van der Waals surface area contributed by atoms with Gasteiger partial charge in [-0.2, -0.15) is 0 Å². The maximum atomic E-state index is 12.5. The van der Waals surface area contributed by atoms with Crippen molar-refractivity contribution in [3.8, 4) is 0 Å². The van der Waals surface area contributed by atoms with Crippen LogP contribution in [0.4, 0.5) is 10.5 Å². The first-order chi connectivity index (χ1) is 14.7. The van der Waals surface area contributed by atoms with E-state index in [0.29, 0.717) is 18.8 Å². The molecule has 3 aromatic rings. The Labute approximate surface area is 186 Å². The highest BCUT2D eigenvalue weighted by Crippen LogP contribution is 2.23. The Balaban J connectivity index is 1.69. The highest BCUT2D eigenvalue weighted by atomic mass is 32.1. The molecule has 0 fully saturated rings. The Morgan fingerprint density at radius 1 is 1.13 bits per heavy atom. The van der Waals surface area contributed by atoms with Gasteiger partial charge in [-0.15, -0.1) is 11.3 Å². The average Bonchev–Trinajstić information content (AvgIpc) is 3.13. The molecule has 0 aliphatic carbocycles. The van der Waals surface area contributed by atoms with Gasteiger partial charge in [0.15, 0.2) is 0 Å². The van der Waals surface area contributed by atoms with Crippen LogP contribution in [0.5, 0.6) is 0 Å². The molecule has 0 saturated carbocycles. The molecule has 0 radical (unpaired) electrons. The molecule has 2 amide bonds. The minimum absolute atomic E-state index is 0.257. The van der Waals surface area contributed by atoms with Crippen LogP contribution in [0.2, 0.25) is 0 Å². The van der Waals surface area contributed by atoms with Gasteiger partial charge in [0.05, 0.1) is 16.8 Å². The first-order valence-corrected chi connectivity index (χ1v) is 11.0. The Kier molecular flexibility index (Phi) is 7.07. The SMILES string of the molecule is CCN(Cc1ccccc1NC(=O)/C=C/c1nc2ccccc2s1)C(=O)OC(C)(C)C. The zero-order valence-electron chi connectivity index (χ0n) is 18.2. The summed E-state index contributed by atoms with van der Waals surface area (Å²) in [5.74, 6) is -0.257. The van der Waals surface area contributed by atoms with E-state index in [1.54, 1.807) is 11.0 Å². The minimum Gasteiger partial charge on any atom is -0.444 e. The van der Waals surface area contributed by atoms with E-state index in [9.17, 15) is 9.59 Å². The number of nitrogens with zero attached hydrogens (tertiary/aromatic N) is 2. The van der Waals surface area contributed by atoms with E-state index in [4.69, 9.17) is 4.74 Å². The third-order valence-electron chi connectivity index (χ3n) is 4.36. The van der Waals surface area contributed by atoms with Gasteiger partial charge >= 0.3 is 6.09 Å². The number of amides is 2. The number of hydrogen-bond donors (Lipinski definition) is 1. The number of carbonyl (C=O) groups excluding carboxylic acids is 2. The summed E-state index contributed by atoms with van der Waals surface area (Å²) >= 11 is 1.53. The number of ether oxygens (including phenoxy) is 1. The van der Waals surface area contributed by atoms with Gasteiger partial charge in [0, 0.05) is 18.3 Å². The summed E-state index contributed by atoms with van der Waals surface area (Å²) in [5, 5.41) is 3.67. The van der Waals surface area contributed by atoms with Crippen molar-refractivity contribution in [1.82, 2.24) is 9.88 Å². The Bertz CT molecular complexity index is 1070. The number of thiazole rings is 1. The molecule has 31 heavy (non-hydrogen) atoms. The lowest BCUT2D eigenvalue weighted by Crippen LogP contribution is -2.36. The van der Waals surface area contributed by atoms with E-state index >= 15 is 0 Å². The third kappa shape index (κ3) is 6.39. The monoisotopic (exact) mass is 437 g/mol. The molecule has 1 aromatic heterocycles. The first-order valence-electron chi connectivity index (χ1n) is 10.2. The second-order valence-corrected chi connectivity index (χ2v) is 9.06. The van der Waals surface area contributed by atoms with Crippen LogP contribution in [-0.4, -0.2) is 34.0 Å². The van der Waals surface area contributed by atoms with E-state index in [1.807, 2.05) is 76.2 Å². The highest BCUT2D eigenvalue weighted by Gasteiger charge is 2.22. The van der Waals surface area contributed by atoms with Crippen molar-refractivity contribution in [2.75, 3.05) is 11.9 Å². The van der Waals surface area contributed by atoms with Gasteiger partial charge in [0.25, 0.3) is 0 Å². The van der Waals surface area contributed by atoms with Crippen molar-refractivity contribution in [1.29, 1.82) is 0 Å². The summed E-state index contributed by atoms with van der Waals surface area (Å²) in [5.41, 5.74) is 1.84. The first kappa shape index (κ1) is 22.5. The normalized spacial score (nSPS) is 11.6. The summed E-state index contributed by atoms with van der Waals surface area (Å²) in [6.45, 7) is 8.24. The second-order valence-electron chi connectivity index (χ2n) is 7.99. The molecule has 0 aliphatic heterocycles. The number of rotatable bonds is 6. The molecule has 0 atom stereocenters. The topological polar surface area (TPSA) is 71.5 Å². The molecule has 1 heterocycles. The number of para-hydroxylation sites is 2. The lowest BCUT2D eigenvalue weighted by molar-refractivity contribution is -0.111. The lowest BCUT2D eigenvalue weighted by atomic mass is 10.1. The van der Waals surface area contributed by atoms with Gasteiger partial charge in [-0.3, -0.25) is 4.79 Å². The van der Waals surface area contributed by atoms with Crippen molar-refractivity contribution < 1.29 is 14.3 Å². The van der Waals surface area contributed by atoms with Gasteiger partial charge < -0.3 is 15.0 Å². The number of carbonyl (C=O) groups is 2. The fraction of sp³-hybridized carbons (Fsp3) is 0.292. The number of aromatic nitrogens is 1. The predicted molar refractivity (Wildman–Crippen MR) is 126 cm³/mol. The predicted octanol–water partition coefficient (Wildman–Crippen LogP) is 5.71. The fourth-order valence-electron chi connectivity index (χ4n) is 2.90. The minimum atomic E-state index is -0.566. The van der Waals surface area contributed by atoms with E-state index in [1.165, 1.54) is 17.4 Å². The number of hydrogen-bond acceptors (Lipinski definition) is 5. The van der Waals surface area contributed by atoms with Crippen LogP contribution in [0.25, 0.3) is 16.3 Å². The quantitative estimate of drug-likeness (QED) is 0.502. The van der Waals surface area contributed by atoms with Gasteiger partial charge in [-0.05, 0) is 57.5 Å². The van der Waals surface area contributed by atoms with Gasteiger partial charge in [-0.25, -0.2) is 9.78 Å². The Hall–Kier alpha value is -3.19. The zero-order valence-corrected chi connectivity index (χ0v) is 19.0. The Morgan fingerprint density at radius 2 is 1.84 bits per heavy atom. The van der Waals surface area contributed by atoms with E-state index < -0.39 is 5.60 Å². The van der Waals surface area contributed by atoms with Crippen molar-refractivity contribution in [3.05, 3.63) is 65.2 Å². The highest BCUT2D eigenvalue weighted by molar-refractivity contribution is 7.19. The van der Waals surface area contributed by atoms with Crippen LogP contribution >= 0.6 is 11.3 Å². The Morgan fingerprint density at radius 3 is 2.55 bits per heavy atom. The van der Waals surface area contributed by atoms with Crippen molar-refractivity contribution in [2.45, 2.75) is 39.8 Å². The van der Waals surface area contributed by atoms with Gasteiger partial charge in [0.1, 0.15) is 10.6 Å². The van der Waals surface area contributed by atoms with E-state index in [2.05, 4.69) is 10.3 Å². The van der Waals surface area contributed by atoms with Crippen molar-refractivity contribution in [2.24, 2.45) is 0 Å². The maximum absolute atomic E-state index is 12.5. The standard InChI is InChI=1S/C24H27N3O3S/c1-5-27(23(29)30-24(2,3)4)16-17-10-6-7-11-18(17)25-21(28)14-15-22-26-19-12-8-9-13-20(19)31-22/h6-15H,5,16H2,1-4H3,(H,25,28)/b15-14+. The summed E-state index contributed by atoms with van der Waals surface area (Å²) < 4.78 is 6.56. The molecular weight excluding hydrogens is 410 g/mol.